The van der Waals surface area contributed by atoms with Crippen molar-refractivity contribution in [3.8, 4) is 17.0 Å². The van der Waals surface area contributed by atoms with E-state index in [0.29, 0.717) is 6.04 Å². The molecule has 2 heterocycles. The van der Waals surface area contributed by atoms with Gasteiger partial charge in [-0.3, -0.25) is 0 Å². The van der Waals surface area contributed by atoms with Gasteiger partial charge in [0.1, 0.15) is 5.75 Å². The highest BCUT2D eigenvalue weighted by molar-refractivity contribution is 5.63. The molecule has 22 heavy (non-hydrogen) atoms. The first kappa shape index (κ1) is 14.8. The van der Waals surface area contributed by atoms with Crippen molar-refractivity contribution in [2.75, 3.05) is 12.3 Å². The Bertz CT molecular complexity index is 638. The molecule has 1 aliphatic rings. The van der Waals surface area contributed by atoms with Gasteiger partial charge in [-0.2, -0.15) is 0 Å². The molecule has 0 bridgehead atoms. The predicted molar refractivity (Wildman–Crippen MR) is 87.5 cm³/mol. The minimum Gasteiger partial charge on any atom is -0.508 e. The van der Waals surface area contributed by atoms with Crippen molar-refractivity contribution >= 4 is 5.95 Å². The number of aromatic nitrogens is 2. The molecule has 1 aliphatic heterocycles. The minimum absolute atomic E-state index is 0.244. The van der Waals surface area contributed by atoms with Gasteiger partial charge in [-0.15, -0.1) is 0 Å². The van der Waals surface area contributed by atoms with Crippen molar-refractivity contribution in [2.45, 2.75) is 38.1 Å². The summed E-state index contributed by atoms with van der Waals surface area (Å²) in [5, 5.41) is 13.5. The first-order valence-electron chi connectivity index (χ1n) is 7.86. The first-order chi connectivity index (χ1) is 10.7. The summed E-state index contributed by atoms with van der Waals surface area (Å²) in [6.45, 7) is 1.12. The Kier molecular flexibility index (Phi) is 4.53. The molecule has 1 atom stereocenters. The Hall–Kier alpha value is -2.14. The second-order valence-electron chi connectivity index (χ2n) is 5.87. The van der Waals surface area contributed by atoms with Crippen molar-refractivity contribution in [3.05, 3.63) is 36.0 Å². The van der Waals surface area contributed by atoms with Crippen LogP contribution in [0.4, 0.5) is 5.95 Å². The third kappa shape index (κ3) is 3.74. The van der Waals surface area contributed by atoms with Crippen LogP contribution in [0.15, 0.2) is 30.5 Å². The van der Waals surface area contributed by atoms with Crippen molar-refractivity contribution in [2.24, 2.45) is 0 Å². The van der Waals surface area contributed by atoms with Crippen molar-refractivity contribution in [3.63, 3.8) is 0 Å². The highest BCUT2D eigenvalue weighted by atomic mass is 16.3. The number of hydrogen-bond acceptors (Lipinski definition) is 5. The number of nitrogen functional groups attached to an aromatic ring is 1. The lowest BCUT2D eigenvalue weighted by Gasteiger charge is -2.23. The van der Waals surface area contributed by atoms with Crippen LogP contribution in [-0.2, 0) is 6.42 Å². The Morgan fingerprint density at radius 1 is 1.27 bits per heavy atom. The number of rotatable bonds is 4. The maximum absolute atomic E-state index is 9.97. The molecule has 5 nitrogen and oxygen atoms in total. The van der Waals surface area contributed by atoms with E-state index in [1.165, 1.54) is 19.3 Å². The normalized spacial score (nSPS) is 18.3. The second-order valence-corrected chi connectivity index (χ2v) is 5.87. The quantitative estimate of drug-likeness (QED) is 0.807. The molecule has 5 heteroatoms. The average molecular weight is 298 g/mol. The van der Waals surface area contributed by atoms with E-state index in [0.717, 1.165) is 36.2 Å². The van der Waals surface area contributed by atoms with Gasteiger partial charge >= 0.3 is 0 Å². The van der Waals surface area contributed by atoms with E-state index < -0.39 is 0 Å². The lowest BCUT2D eigenvalue weighted by Crippen LogP contribution is -2.34. The number of nitrogens with two attached hydrogens (primary N) is 1. The van der Waals surface area contributed by atoms with Crippen LogP contribution in [0, 0.1) is 0 Å². The van der Waals surface area contributed by atoms with E-state index in [9.17, 15) is 5.11 Å². The lowest BCUT2D eigenvalue weighted by molar-refractivity contribution is 0.382. The number of phenols is 1. The summed E-state index contributed by atoms with van der Waals surface area (Å²) in [5.74, 6) is 0.509. The molecule has 0 aliphatic carbocycles. The van der Waals surface area contributed by atoms with Crippen molar-refractivity contribution in [1.82, 2.24) is 15.3 Å². The molecule has 0 radical (unpaired) electrons. The molecule has 1 saturated heterocycles. The van der Waals surface area contributed by atoms with Crippen LogP contribution >= 0.6 is 0 Å². The topological polar surface area (TPSA) is 84.1 Å². The zero-order valence-corrected chi connectivity index (χ0v) is 12.6. The van der Waals surface area contributed by atoms with E-state index in [1.807, 2.05) is 6.07 Å². The molecule has 4 N–H and O–H groups in total. The Labute approximate surface area is 130 Å². The number of phenolic OH excluding ortho intramolecular Hbond substituents is 1. The SMILES string of the molecule is Nc1nccc(-c2cc(O)cc(CC[C@H]3CCCCN3)c2)n1. The number of anilines is 1. The number of nitrogens with zero attached hydrogens (tertiary/aromatic N) is 2. The molecule has 1 aromatic heterocycles. The van der Waals surface area contributed by atoms with Gasteiger partial charge in [-0.1, -0.05) is 6.42 Å². The second kappa shape index (κ2) is 6.75. The van der Waals surface area contributed by atoms with Gasteiger partial charge in [0.05, 0.1) is 5.69 Å². The summed E-state index contributed by atoms with van der Waals surface area (Å²) in [4.78, 5) is 8.12. The highest BCUT2D eigenvalue weighted by Gasteiger charge is 2.13. The molecular formula is C17H22N4O. The van der Waals surface area contributed by atoms with Gasteiger partial charge in [0.2, 0.25) is 5.95 Å². The van der Waals surface area contributed by atoms with Crippen LogP contribution in [0.1, 0.15) is 31.2 Å². The monoisotopic (exact) mass is 298 g/mol. The summed E-state index contributed by atoms with van der Waals surface area (Å²) in [6, 6.07) is 8.01. The number of benzene rings is 1. The molecule has 0 spiro atoms. The molecule has 116 valence electrons. The van der Waals surface area contributed by atoms with Crippen LogP contribution in [0.3, 0.4) is 0 Å². The number of nitrogens with one attached hydrogen (secondary N) is 1. The number of aromatic hydroxyl groups is 1. The number of hydrogen-bond donors (Lipinski definition) is 3. The molecule has 1 fully saturated rings. The molecule has 0 unspecified atom stereocenters. The van der Waals surface area contributed by atoms with Crippen molar-refractivity contribution in [1.29, 1.82) is 0 Å². The molecule has 0 saturated carbocycles. The van der Waals surface area contributed by atoms with Gasteiger partial charge in [-0.05, 0) is 62.1 Å². The first-order valence-corrected chi connectivity index (χ1v) is 7.86. The maximum atomic E-state index is 9.97. The van der Waals surface area contributed by atoms with Gasteiger partial charge in [0.15, 0.2) is 0 Å². The Balaban J connectivity index is 1.74. The van der Waals surface area contributed by atoms with Crippen LogP contribution < -0.4 is 11.1 Å². The summed E-state index contributed by atoms with van der Waals surface area (Å²) < 4.78 is 0. The van der Waals surface area contributed by atoms with E-state index in [-0.39, 0.29) is 11.7 Å². The summed E-state index contributed by atoms with van der Waals surface area (Å²) in [6.07, 6.45) is 7.50. The summed E-state index contributed by atoms with van der Waals surface area (Å²) >= 11 is 0. The lowest BCUT2D eigenvalue weighted by atomic mass is 9.96. The third-order valence-corrected chi connectivity index (χ3v) is 4.14. The maximum Gasteiger partial charge on any atom is 0.220 e. The molecule has 1 aromatic carbocycles. The average Bonchev–Trinajstić information content (AvgIpc) is 2.53. The fourth-order valence-electron chi connectivity index (χ4n) is 3.01. The van der Waals surface area contributed by atoms with Crippen molar-refractivity contribution < 1.29 is 5.11 Å². The van der Waals surface area contributed by atoms with Gasteiger partial charge in [0.25, 0.3) is 0 Å². The number of piperidine rings is 1. The fourth-order valence-corrected chi connectivity index (χ4v) is 3.01. The van der Waals surface area contributed by atoms with E-state index in [1.54, 1.807) is 18.3 Å². The van der Waals surface area contributed by atoms with Gasteiger partial charge < -0.3 is 16.2 Å². The largest absolute Gasteiger partial charge is 0.508 e. The third-order valence-electron chi connectivity index (χ3n) is 4.14. The van der Waals surface area contributed by atoms with E-state index in [2.05, 4.69) is 21.4 Å². The Morgan fingerprint density at radius 2 is 2.18 bits per heavy atom. The molecule has 2 aromatic rings. The minimum atomic E-state index is 0.244. The van der Waals surface area contributed by atoms with Gasteiger partial charge in [0, 0.05) is 17.8 Å². The van der Waals surface area contributed by atoms with E-state index in [4.69, 9.17) is 5.73 Å². The predicted octanol–water partition coefficient (Wildman–Crippen LogP) is 2.51. The molecular weight excluding hydrogens is 276 g/mol. The van der Waals surface area contributed by atoms with Crippen LogP contribution in [-0.4, -0.2) is 27.7 Å². The molecule has 3 rings (SSSR count). The molecule has 0 amide bonds. The Morgan fingerprint density at radius 3 is 2.95 bits per heavy atom. The summed E-state index contributed by atoms with van der Waals surface area (Å²) in [5.41, 5.74) is 8.37. The van der Waals surface area contributed by atoms with Crippen LogP contribution in [0.25, 0.3) is 11.3 Å². The standard InChI is InChI=1S/C17H22N4O/c18-17-20-8-6-16(21-17)13-9-12(10-15(22)11-13)4-5-14-3-1-2-7-19-14/h6,8-11,14,19,22H,1-5,7H2,(H2,18,20,21)/t14-/m1/s1. The summed E-state index contributed by atoms with van der Waals surface area (Å²) in [7, 11) is 0. The fraction of sp³-hybridized carbons (Fsp3) is 0.412. The zero-order chi connectivity index (χ0) is 15.4. The van der Waals surface area contributed by atoms with Gasteiger partial charge in [-0.25, -0.2) is 9.97 Å². The smallest absolute Gasteiger partial charge is 0.220 e. The highest BCUT2D eigenvalue weighted by Crippen LogP contribution is 2.25. The zero-order valence-electron chi connectivity index (χ0n) is 12.6. The van der Waals surface area contributed by atoms with E-state index >= 15 is 0 Å². The van der Waals surface area contributed by atoms with Crippen LogP contribution in [0.2, 0.25) is 0 Å². The number of aryl methyl sites for hydroxylation is 1. The van der Waals surface area contributed by atoms with Crippen LogP contribution in [0.5, 0.6) is 5.75 Å².